The number of rotatable bonds is 2. The molecule has 3 nitrogen and oxygen atoms in total. The third kappa shape index (κ3) is 2.68. The summed E-state index contributed by atoms with van der Waals surface area (Å²) in [6.07, 6.45) is 0. The molecule has 0 bridgehead atoms. The zero-order valence-corrected chi connectivity index (χ0v) is 8.61. The fourth-order valence-electron chi connectivity index (χ4n) is 0.825. The van der Waals surface area contributed by atoms with Crippen LogP contribution in [0, 0.1) is 0 Å². The SMILES string of the molecule is [N-]=[N+]=NCc1c(Cl)cc(Cl)cc1Cl. The monoisotopic (exact) mass is 235 g/mol. The third-order valence-electron chi connectivity index (χ3n) is 1.40. The van der Waals surface area contributed by atoms with E-state index in [-0.39, 0.29) is 6.54 Å². The van der Waals surface area contributed by atoms with Crippen LogP contribution in [0.4, 0.5) is 0 Å². The molecule has 0 unspecified atom stereocenters. The van der Waals surface area contributed by atoms with Crippen LogP contribution in [0.15, 0.2) is 17.2 Å². The summed E-state index contributed by atoms with van der Waals surface area (Å²) in [7, 11) is 0. The Balaban J connectivity index is 3.12. The number of hydrogen-bond donors (Lipinski definition) is 0. The normalized spacial score (nSPS) is 9.46. The highest BCUT2D eigenvalue weighted by atomic mass is 35.5. The molecule has 1 aromatic carbocycles. The maximum atomic E-state index is 8.11. The van der Waals surface area contributed by atoms with Crippen LogP contribution >= 0.6 is 34.8 Å². The second-order valence-electron chi connectivity index (χ2n) is 2.24. The van der Waals surface area contributed by atoms with Gasteiger partial charge in [-0.3, -0.25) is 0 Å². The number of hydrogen-bond acceptors (Lipinski definition) is 1. The summed E-state index contributed by atoms with van der Waals surface area (Å²) >= 11 is 17.3. The molecule has 68 valence electrons. The van der Waals surface area contributed by atoms with Gasteiger partial charge < -0.3 is 0 Å². The van der Waals surface area contributed by atoms with E-state index in [1.165, 1.54) is 0 Å². The minimum atomic E-state index is 0.130. The van der Waals surface area contributed by atoms with Crippen molar-refractivity contribution in [2.24, 2.45) is 5.11 Å². The molecular formula is C7H4Cl3N3. The zero-order valence-electron chi connectivity index (χ0n) is 6.34. The topological polar surface area (TPSA) is 48.8 Å². The first-order chi connectivity index (χ1) is 6.15. The molecule has 0 aliphatic heterocycles. The Bertz CT molecular complexity index is 348. The summed E-state index contributed by atoms with van der Waals surface area (Å²) in [6.45, 7) is 0.130. The molecule has 0 aliphatic rings. The maximum Gasteiger partial charge on any atom is 0.0540 e. The molecule has 0 saturated heterocycles. The first kappa shape index (κ1) is 10.5. The van der Waals surface area contributed by atoms with Crippen molar-refractivity contribution in [1.29, 1.82) is 0 Å². The van der Waals surface area contributed by atoms with Crippen LogP contribution < -0.4 is 0 Å². The van der Waals surface area contributed by atoms with Gasteiger partial charge in [-0.1, -0.05) is 39.9 Å². The van der Waals surface area contributed by atoms with Gasteiger partial charge >= 0.3 is 0 Å². The minimum Gasteiger partial charge on any atom is -0.0892 e. The van der Waals surface area contributed by atoms with Crippen LogP contribution in [0.3, 0.4) is 0 Å². The lowest BCUT2D eigenvalue weighted by atomic mass is 10.2. The molecule has 0 spiro atoms. The van der Waals surface area contributed by atoms with Gasteiger partial charge in [0, 0.05) is 20.0 Å². The highest BCUT2D eigenvalue weighted by Gasteiger charge is 2.05. The van der Waals surface area contributed by atoms with E-state index in [0.29, 0.717) is 20.6 Å². The van der Waals surface area contributed by atoms with Gasteiger partial charge in [0.1, 0.15) is 0 Å². The Morgan fingerprint density at radius 1 is 1.23 bits per heavy atom. The lowest BCUT2D eigenvalue weighted by Crippen LogP contribution is -1.84. The maximum absolute atomic E-state index is 8.11. The van der Waals surface area contributed by atoms with Gasteiger partial charge in [0.15, 0.2) is 0 Å². The second kappa shape index (κ2) is 4.58. The first-order valence-electron chi connectivity index (χ1n) is 3.29. The number of benzene rings is 1. The van der Waals surface area contributed by atoms with E-state index < -0.39 is 0 Å². The van der Waals surface area contributed by atoms with Gasteiger partial charge in [0.25, 0.3) is 0 Å². The van der Waals surface area contributed by atoms with Crippen molar-refractivity contribution in [2.45, 2.75) is 6.54 Å². The van der Waals surface area contributed by atoms with E-state index >= 15 is 0 Å². The first-order valence-corrected chi connectivity index (χ1v) is 4.43. The van der Waals surface area contributed by atoms with Gasteiger partial charge in [0.05, 0.1) is 6.54 Å². The summed E-state index contributed by atoms with van der Waals surface area (Å²) in [5, 5.41) is 4.63. The van der Waals surface area contributed by atoms with Crippen molar-refractivity contribution in [3.8, 4) is 0 Å². The molecule has 0 atom stereocenters. The standard InChI is InChI=1S/C7H4Cl3N3/c8-4-1-6(9)5(3-12-13-11)7(10)2-4/h1-2H,3H2. The Morgan fingerprint density at radius 2 is 1.77 bits per heavy atom. The summed E-state index contributed by atoms with van der Waals surface area (Å²) in [5.41, 5.74) is 8.70. The minimum absolute atomic E-state index is 0.130. The number of halogens is 3. The number of azide groups is 1. The summed E-state index contributed by atoms with van der Waals surface area (Å²) in [5.74, 6) is 0. The third-order valence-corrected chi connectivity index (χ3v) is 2.29. The number of nitrogens with zero attached hydrogens (tertiary/aromatic N) is 3. The fraction of sp³-hybridized carbons (Fsp3) is 0.143. The molecule has 13 heavy (non-hydrogen) atoms. The predicted octanol–water partition coefficient (Wildman–Crippen LogP) is 4.46. The van der Waals surface area contributed by atoms with Gasteiger partial charge in [-0.05, 0) is 23.2 Å². The van der Waals surface area contributed by atoms with Gasteiger partial charge in [-0.25, -0.2) is 0 Å². The lowest BCUT2D eigenvalue weighted by Gasteiger charge is -2.03. The average Bonchev–Trinajstić information content (AvgIpc) is 2.02. The van der Waals surface area contributed by atoms with Gasteiger partial charge in [-0.2, -0.15) is 0 Å². The van der Waals surface area contributed by atoms with E-state index in [2.05, 4.69) is 10.0 Å². The van der Waals surface area contributed by atoms with Crippen LogP contribution in [0.1, 0.15) is 5.56 Å². The Kier molecular flexibility index (Phi) is 3.70. The quantitative estimate of drug-likeness (QED) is 0.414. The summed E-state index contributed by atoms with van der Waals surface area (Å²) in [6, 6.07) is 3.11. The van der Waals surface area contributed by atoms with E-state index in [9.17, 15) is 0 Å². The molecule has 0 amide bonds. The van der Waals surface area contributed by atoms with Crippen molar-refractivity contribution < 1.29 is 0 Å². The molecule has 6 heteroatoms. The van der Waals surface area contributed by atoms with Crippen LogP contribution in [-0.2, 0) is 6.54 Å². The average molecular weight is 236 g/mol. The molecule has 1 aromatic rings. The molecule has 0 aromatic heterocycles. The highest BCUT2D eigenvalue weighted by molar-refractivity contribution is 6.39. The lowest BCUT2D eigenvalue weighted by molar-refractivity contribution is 1.05. The molecule has 1 rings (SSSR count). The molecule has 0 heterocycles. The van der Waals surface area contributed by atoms with Crippen LogP contribution in [0.5, 0.6) is 0 Å². The molecule has 0 aliphatic carbocycles. The van der Waals surface area contributed by atoms with E-state index in [1.54, 1.807) is 12.1 Å². The van der Waals surface area contributed by atoms with Crippen LogP contribution in [-0.4, -0.2) is 0 Å². The van der Waals surface area contributed by atoms with Gasteiger partial charge in [0.2, 0.25) is 0 Å². The summed E-state index contributed by atoms with van der Waals surface area (Å²) < 4.78 is 0. The van der Waals surface area contributed by atoms with Crippen molar-refractivity contribution in [1.82, 2.24) is 0 Å². The summed E-state index contributed by atoms with van der Waals surface area (Å²) in [4.78, 5) is 2.61. The molecular weight excluding hydrogens is 232 g/mol. The molecule has 0 fully saturated rings. The largest absolute Gasteiger partial charge is 0.0892 e. The van der Waals surface area contributed by atoms with E-state index in [1.807, 2.05) is 0 Å². The van der Waals surface area contributed by atoms with Crippen molar-refractivity contribution in [2.75, 3.05) is 0 Å². The molecule has 0 saturated carbocycles. The zero-order chi connectivity index (χ0) is 9.84. The van der Waals surface area contributed by atoms with Gasteiger partial charge in [-0.15, -0.1) is 0 Å². The molecule has 0 N–H and O–H groups in total. The Morgan fingerprint density at radius 3 is 2.23 bits per heavy atom. The Hall–Kier alpha value is -0.600. The second-order valence-corrected chi connectivity index (χ2v) is 3.49. The van der Waals surface area contributed by atoms with Crippen molar-refractivity contribution in [3.63, 3.8) is 0 Å². The van der Waals surface area contributed by atoms with E-state index in [0.717, 1.165) is 0 Å². The fourth-order valence-corrected chi connectivity index (χ4v) is 1.76. The molecule has 0 radical (unpaired) electrons. The Labute approximate surface area is 89.8 Å². The van der Waals surface area contributed by atoms with Crippen LogP contribution in [0.25, 0.3) is 10.4 Å². The van der Waals surface area contributed by atoms with Crippen molar-refractivity contribution >= 4 is 34.8 Å². The predicted molar refractivity (Wildman–Crippen MR) is 54.3 cm³/mol. The van der Waals surface area contributed by atoms with E-state index in [4.69, 9.17) is 40.3 Å². The van der Waals surface area contributed by atoms with Crippen LogP contribution in [0.2, 0.25) is 15.1 Å². The van der Waals surface area contributed by atoms with Crippen molar-refractivity contribution in [3.05, 3.63) is 43.2 Å². The smallest absolute Gasteiger partial charge is 0.0540 e. The highest BCUT2D eigenvalue weighted by Crippen LogP contribution is 2.29.